The van der Waals surface area contributed by atoms with Crippen LogP contribution in [0.5, 0.6) is 0 Å². The summed E-state index contributed by atoms with van der Waals surface area (Å²) in [4.78, 5) is 3.56. The third-order valence-electron chi connectivity index (χ3n) is 3.15. The highest BCUT2D eigenvalue weighted by Gasteiger charge is 2.13. The van der Waals surface area contributed by atoms with Crippen LogP contribution in [0, 0.1) is 6.92 Å². The van der Waals surface area contributed by atoms with E-state index < -0.39 is 0 Å². The smallest absolute Gasteiger partial charge is 0.0488 e. The van der Waals surface area contributed by atoms with E-state index in [4.69, 9.17) is 5.73 Å². The Balaban J connectivity index is 2.70. The highest BCUT2D eigenvalue weighted by molar-refractivity contribution is 5.87. The molecule has 0 unspecified atom stereocenters. The first kappa shape index (κ1) is 11.2. The molecule has 2 nitrogen and oxygen atoms in total. The van der Waals surface area contributed by atoms with Crippen molar-refractivity contribution < 1.29 is 0 Å². The second-order valence-corrected chi connectivity index (χ2v) is 4.71. The van der Waals surface area contributed by atoms with Gasteiger partial charge >= 0.3 is 0 Å². The largest absolute Gasteiger partial charge is 0.358 e. The zero-order valence-electron chi connectivity index (χ0n) is 10.3. The molecule has 3 N–H and O–H groups in total. The van der Waals surface area contributed by atoms with Crippen LogP contribution in [0.2, 0.25) is 0 Å². The fourth-order valence-electron chi connectivity index (χ4n) is 2.35. The molecule has 1 aromatic carbocycles. The van der Waals surface area contributed by atoms with Crippen LogP contribution in [0.4, 0.5) is 0 Å². The van der Waals surface area contributed by atoms with E-state index in [2.05, 4.69) is 44.0 Å². The number of H-pyrrole nitrogens is 1. The lowest BCUT2D eigenvalue weighted by Gasteiger charge is -2.06. The lowest BCUT2D eigenvalue weighted by molar-refractivity contribution is 0.809. The van der Waals surface area contributed by atoms with Gasteiger partial charge in [-0.3, -0.25) is 0 Å². The highest BCUT2D eigenvalue weighted by Crippen LogP contribution is 2.29. The van der Waals surface area contributed by atoms with Crippen molar-refractivity contribution in [3.8, 4) is 0 Å². The monoisotopic (exact) mass is 216 g/mol. The maximum atomic E-state index is 5.70. The molecule has 0 fully saturated rings. The first-order valence-electron chi connectivity index (χ1n) is 5.95. The number of hydrogen-bond donors (Lipinski definition) is 2. The van der Waals surface area contributed by atoms with E-state index in [9.17, 15) is 0 Å². The molecule has 0 aliphatic rings. The van der Waals surface area contributed by atoms with Gasteiger partial charge in [-0.2, -0.15) is 0 Å². The Morgan fingerprint density at radius 1 is 1.31 bits per heavy atom. The predicted octanol–water partition coefficient (Wildman–Crippen LogP) is 3.10. The Labute approximate surface area is 96.9 Å². The molecule has 2 aromatic rings. The molecule has 0 radical (unpaired) electrons. The zero-order valence-corrected chi connectivity index (χ0v) is 10.3. The molecule has 1 heterocycles. The van der Waals surface area contributed by atoms with Gasteiger partial charge in [0.25, 0.3) is 0 Å². The summed E-state index contributed by atoms with van der Waals surface area (Å²) in [5.41, 5.74) is 11.0. The first-order valence-corrected chi connectivity index (χ1v) is 5.95. The molecule has 0 saturated heterocycles. The standard InChI is InChI=1S/C14H20N2/c1-9(2)13-12(7-8-15)11-6-4-5-10(3)14(11)16-13/h4-6,9,16H,7-8,15H2,1-3H3. The van der Waals surface area contributed by atoms with Gasteiger partial charge in [0.2, 0.25) is 0 Å². The Morgan fingerprint density at radius 2 is 2.06 bits per heavy atom. The fourth-order valence-corrected chi connectivity index (χ4v) is 2.35. The molecule has 0 aliphatic heterocycles. The van der Waals surface area contributed by atoms with Gasteiger partial charge in [-0.1, -0.05) is 32.0 Å². The summed E-state index contributed by atoms with van der Waals surface area (Å²) in [7, 11) is 0. The average Bonchev–Trinajstić information content (AvgIpc) is 2.60. The van der Waals surface area contributed by atoms with Crippen molar-refractivity contribution in [2.45, 2.75) is 33.1 Å². The van der Waals surface area contributed by atoms with Crippen molar-refractivity contribution in [3.63, 3.8) is 0 Å². The molecule has 0 aliphatic carbocycles. The molecule has 2 heteroatoms. The molecule has 0 saturated carbocycles. The van der Waals surface area contributed by atoms with E-state index in [-0.39, 0.29) is 0 Å². The first-order chi connectivity index (χ1) is 7.65. The topological polar surface area (TPSA) is 41.8 Å². The Hall–Kier alpha value is -1.28. The summed E-state index contributed by atoms with van der Waals surface area (Å²) in [5, 5.41) is 1.34. The van der Waals surface area contributed by atoms with Gasteiger partial charge in [0.05, 0.1) is 0 Å². The number of rotatable bonds is 3. The summed E-state index contributed by atoms with van der Waals surface area (Å²) in [6.07, 6.45) is 0.955. The number of fused-ring (bicyclic) bond motifs is 1. The molecule has 0 spiro atoms. The van der Waals surface area contributed by atoms with Gasteiger partial charge in [0.15, 0.2) is 0 Å². The van der Waals surface area contributed by atoms with Crippen LogP contribution in [-0.4, -0.2) is 11.5 Å². The zero-order chi connectivity index (χ0) is 11.7. The molecule has 0 amide bonds. The van der Waals surface area contributed by atoms with Crippen LogP contribution in [0.25, 0.3) is 10.9 Å². The van der Waals surface area contributed by atoms with E-state index in [1.54, 1.807) is 0 Å². The minimum atomic E-state index is 0.522. The lowest BCUT2D eigenvalue weighted by Crippen LogP contribution is -2.05. The van der Waals surface area contributed by atoms with E-state index in [1.807, 2.05) is 0 Å². The molecular weight excluding hydrogens is 196 g/mol. The van der Waals surface area contributed by atoms with Gasteiger partial charge in [0.1, 0.15) is 0 Å². The average molecular weight is 216 g/mol. The Morgan fingerprint density at radius 3 is 2.69 bits per heavy atom. The van der Waals surface area contributed by atoms with Crippen LogP contribution < -0.4 is 5.73 Å². The minimum Gasteiger partial charge on any atom is -0.358 e. The number of nitrogens with two attached hydrogens (primary N) is 1. The number of benzene rings is 1. The van der Waals surface area contributed by atoms with Crippen molar-refractivity contribution in [3.05, 3.63) is 35.0 Å². The maximum Gasteiger partial charge on any atom is 0.0488 e. The number of para-hydroxylation sites is 1. The van der Waals surface area contributed by atoms with Crippen molar-refractivity contribution in [1.29, 1.82) is 0 Å². The molecule has 16 heavy (non-hydrogen) atoms. The second kappa shape index (κ2) is 4.30. The second-order valence-electron chi connectivity index (χ2n) is 4.71. The number of aromatic nitrogens is 1. The van der Waals surface area contributed by atoms with Crippen molar-refractivity contribution in [2.24, 2.45) is 5.73 Å². The van der Waals surface area contributed by atoms with Gasteiger partial charge < -0.3 is 10.7 Å². The third-order valence-corrected chi connectivity index (χ3v) is 3.15. The van der Waals surface area contributed by atoms with Gasteiger partial charge in [-0.15, -0.1) is 0 Å². The molecule has 1 aromatic heterocycles. The summed E-state index contributed by atoms with van der Waals surface area (Å²) in [6.45, 7) is 7.30. The van der Waals surface area contributed by atoms with Crippen molar-refractivity contribution in [1.82, 2.24) is 4.98 Å². The van der Waals surface area contributed by atoms with Crippen molar-refractivity contribution in [2.75, 3.05) is 6.54 Å². The third kappa shape index (κ3) is 1.74. The summed E-state index contributed by atoms with van der Waals surface area (Å²) >= 11 is 0. The molecular formula is C14H20N2. The number of aryl methyl sites for hydroxylation is 1. The van der Waals surface area contributed by atoms with E-state index in [0.29, 0.717) is 12.5 Å². The number of hydrogen-bond acceptors (Lipinski definition) is 1. The molecule has 2 rings (SSSR count). The van der Waals surface area contributed by atoms with Crippen LogP contribution in [-0.2, 0) is 6.42 Å². The summed E-state index contributed by atoms with van der Waals surface area (Å²) in [5.74, 6) is 0.522. The summed E-state index contributed by atoms with van der Waals surface area (Å²) < 4.78 is 0. The molecule has 0 bridgehead atoms. The molecule has 0 atom stereocenters. The Bertz CT molecular complexity index is 495. The van der Waals surface area contributed by atoms with Crippen LogP contribution >= 0.6 is 0 Å². The lowest BCUT2D eigenvalue weighted by atomic mass is 10.0. The number of nitrogens with one attached hydrogen (secondary N) is 1. The van der Waals surface area contributed by atoms with Gasteiger partial charge in [-0.25, -0.2) is 0 Å². The van der Waals surface area contributed by atoms with E-state index in [1.165, 1.54) is 27.7 Å². The van der Waals surface area contributed by atoms with Gasteiger partial charge in [-0.05, 0) is 36.9 Å². The minimum absolute atomic E-state index is 0.522. The molecule has 86 valence electrons. The summed E-state index contributed by atoms with van der Waals surface area (Å²) in [6, 6.07) is 6.46. The van der Waals surface area contributed by atoms with Crippen molar-refractivity contribution >= 4 is 10.9 Å². The normalized spacial score (nSPS) is 11.6. The van der Waals surface area contributed by atoms with E-state index in [0.717, 1.165) is 6.42 Å². The van der Waals surface area contributed by atoms with E-state index >= 15 is 0 Å². The highest BCUT2D eigenvalue weighted by atomic mass is 14.7. The van der Waals surface area contributed by atoms with Crippen LogP contribution in [0.15, 0.2) is 18.2 Å². The van der Waals surface area contributed by atoms with Crippen LogP contribution in [0.1, 0.15) is 36.6 Å². The Kier molecular flexibility index (Phi) is 3.01. The fraction of sp³-hybridized carbons (Fsp3) is 0.429. The SMILES string of the molecule is Cc1cccc2c(CCN)c(C(C)C)[nH]c12. The number of aromatic amines is 1. The maximum absolute atomic E-state index is 5.70. The van der Waals surface area contributed by atoms with Gasteiger partial charge in [0, 0.05) is 16.6 Å². The van der Waals surface area contributed by atoms with Crippen LogP contribution in [0.3, 0.4) is 0 Å². The predicted molar refractivity (Wildman–Crippen MR) is 69.9 cm³/mol. The quantitative estimate of drug-likeness (QED) is 0.813.